The summed E-state index contributed by atoms with van der Waals surface area (Å²) in [6.45, 7) is 5.40. The smallest absolute Gasteiger partial charge is 0.227 e. The molecule has 0 aromatic carbocycles. The minimum absolute atomic E-state index is 0.274. The number of nitrogens with one attached hydrogen (secondary N) is 1. The molecule has 23 heavy (non-hydrogen) atoms. The van der Waals surface area contributed by atoms with Gasteiger partial charge in [0.25, 0.3) is 0 Å². The summed E-state index contributed by atoms with van der Waals surface area (Å²) in [5.41, 5.74) is 5.25. The van der Waals surface area contributed by atoms with E-state index >= 15 is 0 Å². The first-order valence-corrected chi connectivity index (χ1v) is 8.56. The number of likely N-dealkylation sites (N-methyl/N-ethyl adjacent to an activating group) is 1. The van der Waals surface area contributed by atoms with Crippen LogP contribution in [-0.2, 0) is 9.53 Å². The summed E-state index contributed by atoms with van der Waals surface area (Å²) in [4.78, 5) is 16.9. The van der Waals surface area contributed by atoms with Gasteiger partial charge in [-0.1, -0.05) is 18.2 Å². The van der Waals surface area contributed by atoms with Gasteiger partial charge in [-0.3, -0.25) is 15.0 Å². The molecule has 0 radical (unpaired) electrons. The monoisotopic (exact) mass is 320 g/mol. The zero-order valence-electron chi connectivity index (χ0n) is 13.9. The standard InChI is InChI=1S/C17H28N4O2/c1-20-8-10-21(11-9-20)17(19-14-5-12-23-13-6-14)7-3-2-4-15(17)16(18)22/h2-4,7,14-15,19H,5-6,8-13H2,1H3,(H2,18,22). The van der Waals surface area contributed by atoms with Gasteiger partial charge in [-0.2, -0.15) is 0 Å². The van der Waals surface area contributed by atoms with E-state index < -0.39 is 5.66 Å². The average Bonchev–Trinajstić information content (AvgIpc) is 2.56. The molecule has 2 unspecified atom stereocenters. The first-order chi connectivity index (χ1) is 11.1. The van der Waals surface area contributed by atoms with Crippen molar-refractivity contribution in [3.63, 3.8) is 0 Å². The van der Waals surface area contributed by atoms with Gasteiger partial charge in [-0.05, 0) is 26.0 Å². The van der Waals surface area contributed by atoms with Gasteiger partial charge in [0, 0.05) is 45.4 Å². The molecule has 2 fully saturated rings. The molecule has 6 heteroatoms. The largest absolute Gasteiger partial charge is 0.381 e. The van der Waals surface area contributed by atoms with Crippen molar-refractivity contribution in [2.75, 3.05) is 46.4 Å². The van der Waals surface area contributed by atoms with Gasteiger partial charge in [0.15, 0.2) is 0 Å². The molecule has 0 saturated carbocycles. The van der Waals surface area contributed by atoms with Gasteiger partial charge in [-0.25, -0.2) is 0 Å². The molecule has 1 aliphatic carbocycles. The van der Waals surface area contributed by atoms with Gasteiger partial charge in [0.05, 0.1) is 5.92 Å². The number of carbonyl (C=O) groups is 1. The van der Waals surface area contributed by atoms with Gasteiger partial charge < -0.3 is 15.4 Å². The molecule has 2 heterocycles. The molecule has 6 nitrogen and oxygen atoms in total. The Kier molecular flexibility index (Phi) is 5.16. The molecule has 1 amide bonds. The van der Waals surface area contributed by atoms with Crippen molar-refractivity contribution in [3.05, 3.63) is 24.3 Å². The van der Waals surface area contributed by atoms with Crippen LogP contribution in [0.1, 0.15) is 12.8 Å². The lowest BCUT2D eigenvalue weighted by molar-refractivity contribution is -0.126. The SMILES string of the molecule is CN1CCN(C2(NC3CCOCC3)C=CC=CC2C(N)=O)CC1. The van der Waals surface area contributed by atoms with Crippen molar-refractivity contribution in [1.29, 1.82) is 0 Å². The molecule has 2 aliphatic heterocycles. The summed E-state index contributed by atoms with van der Waals surface area (Å²) in [6.07, 6.45) is 9.97. The Morgan fingerprint density at radius 1 is 1.22 bits per heavy atom. The first-order valence-electron chi connectivity index (χ1n) is 8.56. The van der Waals surface area contributed by atoms with E-state index in [9.17, 15) is 4.79 Å². The minimum Gasteiger partial charge on any atom is -0.381 e. The Morgan fingerprint density at radius 3 is 2.57 bits per heavy atom. The maximum Gasteiger partial charge on any atom is 0.227 e. The van der Waals surface area contributed by atoms with Crippen molar-refractivity contribution in [1.82, 2.24) is 15.1 Å². The lowest BCUT2D eigenvalue weighted by Crippen LogP contribution is -2.69. The molecule has 2 atom stereocenters. The third-order valence-electron chi connectivity index (χ3n) is 5.23. The second kappa shape index (κ2) is 7.13. The fourth-order valence-electron chi connectivity index (χ4n) is 3.82. The van der Waals surface area contributed by atoms with E-state index in [1.54, 1.807) is 0 Å². The van der Waals surface area contributed by atoms with Crippen LogP contribution < -0.4 is 11.1 Å². The molecule has 0 aromatic heterocycles. The number of primary amides is 1. The van der Waals surface area contributed by atoms with E-state index in [-0.39, 0.29) is 11.8 Å². The fraction of sp³-hybridized carbons (Fsp3) is 0.706. The van der Waals surface area contributed by atoms with Crippen LogP contribution >= 0.6 is 0 Å². The molecule has 3 aliphatic rings. The summed E-state index contributed by atoms with van der Waals surface area (Å²) in [5.74, 6) is -0.622. The summed E-state index contributed by atoms with van der Waals surface area (Å²) in [6, 6.07) is 0.349. The van der Waals surface area contributed by atoms with Crippen LogP contribution in [0, 0.1) is 5.92 Å². The van der Waals surface area contributed by atoms with Crippen LogP contribution in [0.2, 0.25) is 0 Å². The number of hydrogen-bond acceptors (Lipinski definition) is 5. The zero-order chi connectivity index (χ0) is 16.3. The van der Waals surface area contributed by atoms with E-state index in [0.29, 0.717) is 6.04 Å². The Morgan fingerprint density at radius 2 is 1.91 bits per heavy atom. The van der Waals surface area contributed by atoms with E-state index in [1.165, 1.54) is 0 Å². The van der Waals surface area contributed by atoms with Crippen LogP contribution in [0.25, 0.3) is 0 Å². The fourth-order valence-corrected chi connectivity index (χ4v) is 3.82. The van der Waals surface area contributed by atoms with Gasteiger partial charge in [-0.15, -0.1) is 0 Å². The summed E-state index contributed by atoms with van der Waals surface area (Å²) in [5, 5.41) is 3.78. The zero-order valence-corrected chi connectivity index (χ0v) is 13.9. The molecule has 2 saturated heterocycles. The predicted octanol–water partition coefficient (Wildman–Crippen LogP) is -0.0738. The lowest BCUT2D eigenvalue weighted by atomic mass is 9.84. The molecule has 0 aromatic rings. The van der Waals surface area contributed by atoms with Crippen LogP contribution in [0.3, 0.4) is 0 Å². The van der Waals surface area contributed by atoms with Crippen molar-refractivity contribution in [2.24, 2.45) is 11.7 Å². The molecule has 3 rings (SSSR count). The van der Waals surface area contributed by atoms with Gasteiger partial charge >= 0.3 is 0 Å². The summed E-state index contributed by atoms with van der Waals surface area (Å²) < 4.78 is 5.47. The highest BCUT2D eigenvalue weighted by Gasteiger charge is 2.46. The summed E-state index contributed by atoms with van der Waals surface area (Å²) >= 11 is 0. The van der Waals surface area contributed by atoms with E-state index in [1.807, 2.05) is 18.2 Å². The Labute approximate surface area is 138 Å². The van der Waals surface area contributed by atoms with Crippen molar-refractivity contribution >= 4 is 5.91 Å². The van der Waals surface area contributed by atoms with Crippen molar-refractivity contribution < 1.29 is 9.53 Å². The number of carbonyl (C=O) groups excluding carboxylic acids is 1. The molecule has 0 spiro atoms. The summed E-state index contributed by atoms with van der Waals surface area (Å²) in [7, 11) is 2.14. The van der Waals surface area contributed by atoms with Crippen LogP contribution in [-0.4, -0.2) is 73.9 Å². The molecular weight excluding hydrogens is 292 g/mol. The maximum absolute atomic E-state index is 12.2. The number of hydrogen-bond donors (Lipinski definition) is 2. The van der Waals surface area contributed by atoms with E-state index in [2.05, 4.69) is 28.2 Å². The number of nitrogens with zero attached hydrogens (tertiary/aromatic N) is 2. The molecule has 3 N–H and O–H groups in total. The molecule has 0 bridgehead atoms. The van der Waals surface area contributed by atoms with Gasteiger partial charge in [0.1, 0.15) is 5.66 Å². The highest BCUT2D eigenvalue weighted by Crippen LogP contribution is 2.31. The topological polar surface area (TPSA) is 70.8 Å². The quantitative estimate of drug-likeness (QED) is 0.759. The lowest BCUT2D eigenvalue weighted by Gasteiger charge is -2.51. The number of rotatable bonds is 4. The van der Waals surface area contributed by atoms with Crippen molar-refractivity contribution in [2.45, 2.75) is 24.5 Å². The van der Waals surface area contributed by atoms with Crippen molar-refractivity contribution in [3.8, 4) is 0 Å². The van der Waals surface area contributed by atoms with E-state index in [0.717, 1.165) is 52.2 Å². The molecular formula is C17H28N4O2. The second-order valence-corrected chi connectivity index (χ2v) is 6.77. The molecule has 128 valence electrons. The third kappa shape index (κ3) is 3.50. The Bertz CT molecular complexity index is 479. The van der Waals surface area contributed by atoms with Crippen LogP contribution in [0.15, 0.2) is 24.3 Å². The number of amides is 1. The number of piperazine rings is 1. The van der Waals surface area contributed by atoms with Gasteiger partial charge in [0.2, 0.25) is 5.91 Å². The normalized spacial score (nSPS) is 33.9. The van der Waals surface area contributed by atoms with E-state index in [4.69, 9.17) is 10.5 Å². The number of ether oxygens (including phenoxy) is 1. The Balaban J connectivity index is 1.86. The second-order valence-electron chi connectivity index (χ2n) is 6.77. The highest BCUT2D eigenvalue weighted by atomic mass is 16.5. The number of nitrogens with two attached hydrogens (primary N) is 1. The average molecular weight is 320 g/mol. The van der Waals surface area contributed by atoms with Crippen LogP contribution in [0.4, 0.5) is 0 Å². The predicted molar refractivity (Wildman–Crippen MR) is 89.7 cm³/mol. The highest BCUT2D eigenvalue weighted by molar-refractivity contribution is 5.81. The third-order valence-corrected chi connectivity index (χ3v) is 5.23. The minimum atomic E-state index is -0.510. The van der Waals surface area contributed by atoms with Crippen LogP contribution in [0.5, 0.6) is 0 Å². The first kappa shape index (κ1) is 16.6. The number of allylic oxidation sites excluding steroid dienone is 2. The Hall–Kier alpha value is -1.21. The maximum atomic E-state index is 12.2.